The summed E-state index contributed by atoms with van der Waals surface area (Å²) in [5.41, 5.74) is 4.22. The topological polar surface area (TPSA) is 66.9 Å². The number of amides is 1. The molecule has 4 rings (SSSR count). The van der Waals surface area contributed by atoms with Crippen LogP contribution in [0.15, 0.2) is 72.8 Å². The largest absolute Gasteiger partial charge is 0.381 e. The van der Waals surface area contributed by atoms with E-state index in [1.54, 1.807) is 12.1 Å². The maximum Gasteiger partial charge on any atom is 0.255 e. The van der Waals surface area contributed by atoms with Gasteiger partial charge in [-0.15, -0.1) is 5.10 Å². The summed E-state index contributed by atoms with van der Waals surface area (Å²) >= 11 is 1.32. The highest BCUT2D eigenvalue weighted by Crippen LogP contribution is 2.19. The number of anilines is 2. The first-order chi connectivity index (χ1) is 12.8. The Balaban J connectivity index is 1.45. The first-order valence-corrected chi connectivity index (χ1v) is 8.97. The molecule has 6 heteroatoms. The van der Waals surface area contributed by atoms with Crippen LogP contribution in [-0.4, -0.2) is 15.5 Å². The summed E-state index contributed by atoms with van der Waals surface area (Å²) in [6, 6.07) is 23.3. The van der Waals surface area contributed by atoms with E-state index in [1.165, 1.54) is 11.5 Å². The molecule has 1 amide bonds. The van der Waals surface area contributed by atoms with Crippen molar-refractivity contribution in [1.29, 1.82) is 0 Å². The SMILES string of the molecule is O=C(Nc1cccc(CNc2ccccc2)c1)c1ccc2snnc2c1. The van der Waals surface area contributed by atoms with Gasteiger partial charge in [0.1, 0.15) is 5.52 Å². The van der Waals surface area contributed by atoms with Crippen molar-refractivity contribution in [3.05, 3.63) is 83.9 Å². The van der Waals surface area contributed by atoms with Gasteiger partial charge in [0, 0.05) is 23.5 Å². The van der Waals surface area contributed by atoms with Crippen LogP contribution < -0.4 is 10.6 Å². The Kier molecular flexibility index (Phi) is 4.57. The standard InChI is InChI=1S/C20H16N4OS/c25-20(15-9-10-19-18(12-15)23-24-26-19)22-17-8-4-5-14(11-17)13-21-16-6-2-1-3-7-16/h1-12,21H,13H2,(H,22,25). The minimum absolute atomic E-state index is 0.159. The van der Waals surface area contributed by atoms with E-state index in [-0.39, 0.29) is 5.91 Å². The number of para-hydroxylation sites is 1. The number of aromatic nitrogens is 2. The van der Waals surface area contributed by atoms with E-state index >= 15 is 0 Å². The fraction of sp³-hybridized carbons (Fsp3) is 0.0500. The first-order valence-electron chi connectivity index (χ1n) is 8.19. The van der Waals surface area contributed by atoms with Crippen molar-refractivity contribution in [3.8, 4) is 0 Å². The van der Waals surface area contributed by atoms with Crippen LogP contribution in [0.1, 0.15) is 15.9 Å². The highest BCUT2D eigenvalue weighted by atomic mass is 32.1. The Morgan fingerprint density at radius 3 is 2.65 bits per heavy atom. The third-order valence-corrected chi connectivity index (χ3v) is 4.67. The number of carbonyl (C=O) groups excluding carboxylic acids is 1. The molecule has 128 valence electrons. The molecule has 1 aromatic heterocycles. The summed E-state index contributed by atoms with van der Waals surface area (Å²) in [6.45, 7) is 0.685. The second-order valence-electron chi connectivity index (χ2n) is 5.83. The minimum Gasteiger partial charge on any atom is -0.381 e. The Morgan fingerprint density at radius 1 is 0.923 bits per heavy atom. The van der Waals surface area contributed by atoms with Crippen LogP contribution in [0.2, 0.25) is 0 Å². The molecule has 4 aromatic rings. The first kappa shape index (κ1) is 16.2. The van der Waals surface area contributed by atoms with Crippen LogP contribution in [-0.2, 0) is 6.54 Å². The smallest absolute Gasteiger partial charge is 0.255 e. The lowest BCUT2D eigenvalue weighted by Crippen LogP contribution is -2.12. The highest BCUT2D eigenvalue weighted by molar-refractivity contribution is 7.12. The molecule has 0 spiro atoms. The quantitative estimate of drug-likeness (QED) is 0.548. The van der Waals surface area contributed by atoms with Crippen LogP contribution in [0, 0.1) is 0 Å². The van der Waals surface area contributed by atoms with E-state index in [2.05, 4.69) is 20.2 Å². The van der Waals surface area contributed by atoms with Crippen LogP contribution in [0.25, 0.3) is 10.2 Å². The molecule has 0 atom stereocenters. The van der Waals surface area contributed by atoms with Crippen LogP contribution in [0.5, 0.6) is 0 Å². The second-order valence-corrected chi connectivity index (χ2v) is 6.62. The summed E-state index contributed by atoms with van der Waals surface area (Å²) in [5, 5.41) is 10.3. The molecule has 0 unspecified atom stereocenters. The number of rotatable bonds is 5. The van der Waals surface area contributed by atoms with E-state index in [9.17, 15) is 4.79 Å². The molecule has 0 saturated heterocycles. The van der Waals surface area contributed by atoms with Crippen LogP contribution in [0.4, 0.5) is 11.4 Å². The molecule has 3 aromatic carbocycles. The number of benzene rings is 3. The molecule has 0 radical (unpaired) electrons. The van der Waals surface area contributed by atoms with E-state index in [0.717, 1.165) is 27.2 Å². The third-order valence-electron chi connectivity index (χ3n) is 3.96. The second kappa shape index (κ2) is 7.33. The van der Waals surface area contributed by atoms with Gasteiger partial charge >= 0.3 is 0 Å². The average molecular weight is 360 g/mol. The zero-order valence-corrected chi connectivity index (χ0v) is 14.7. The molecule has 0 aliphatic heterocycles. The molecule has 26 heavy (non-hydrogen) atoms. The van der Waals surface area contributed by atoms with Crippen molar-refractivity contribution in [1.82, 2.24) is 9.59 Å². The molecule has 0 aliphatic carbocycles. The lowest BCUT2D eigenvalue weighted by Gasteiger charge is -2.09. The lowest BCUT2D eigenvalue weighted by molar-refractivity contribution is 0.102. The van der Waals surface area contributed by atoms with Gasteiger partial charge in [-0.1, -0.05) is 34.8 Å². The molecular weight excluding hydrogens is 344 g/mol. The lowest BCUT2D eigenvalue weighted by atomic mass is 10.1. The molecule has 1 heterocycles. The fourth-order valence-corrected chi connectivity index (χ4v) is 3.18. The van der Waals surface area contributed by atoms with Gasteiger partial charge in [-0.3, -0.25) is 4.79 Å². The van der Waals surface area contributed by atoms with Crippen molar-refractivity contribution < 1.29 is 4.79 Å². The summed E-state index contributed by atoms with van der Waals surface area (Å²) in [6.07, 6.45) is 0. The van der Waals surface area contributed by atoms with Crippen molar-refractivity contribution in [2.45, 2.75) is 6.54 Å². The number of nitrogens with one attached hydrogen (secondary N) is 2. The fourth-order valence-electron chi connectivity index (χ4n) is 2.64. The average Bonchev–Trinajstić information content (AvgIpc) is 3.15. The van der Waals surface area contributed by atoms with E-state index in [4.69, 9.17) is 0 Å². The Morgan fingerprint density at radius 2 is 1.77 bits per heavy atom. The maximum atomic E-state index is 12.5. The van der Waals surface area contributed by atoms with Gasteiger partial charge < -0.3 is 10.6 Å². The molecule has 0 fully saturated rings. The van der Waals surface area contributed by atoms with Crippen molar-refractivity contribution in [2.24, 2.45) is 0 Å². The van der Waals surface area contributed by atoms with E-state index in [0.29, 0.717) is 12.1 Å². The highest BCUT2D eigenvalue weighted by Gasteiger charge is 2.09. The molecule has 5 nitrogen and oxygen atoms in total. The zero-order valence-electron chi connectivity index (χ0n) is 13.8. The minimum atomic E-state index is -0.159. The third kappa shape index (κ3) is 3.70. The number of nitrogens with zero attached hydrogens (tertiary/aromatic N) is 2. The molecule has 0 aliphatic rings. The molecule has 0 saturated carbocycles. The van der Waals surface area contributed by atoms with Crippen molar-refractivity contribution in [3.63, 3.8) is 0 Å². The predicted octanol–water partition coefficient (Wildman–Crippen LogP) is 4.56. The number of hydrogen-bond acceptors (Lipinski definition) is 5. The summed E-state index contributed by atoms with van der Waals surface area (Å²) < 4.78 is 4.86. The van der Waals surface area contributed by atoms with E-state index < -0.39 is 0 Å². The Hall–Kier alpha value is -3.25. The molecule has 0 bridgehead atoms. The predicted molar refractivity (Wildman–Crippen MR) is 106 cm³/mol. The monoisotopic (exact) mass is 360 g/mol. The summed E-state index contributed by atoms with van der Waals surface area (Å²) in [7, 11) is 0. The van der Waals surface area contributed by atoms with Gasteiger partial charge in [0.05, 0.1) is 4.70 Å². The molecular formula is C20H16N4OS. The zero-order chi connectivity index (χ0) is 17.8. The maximum absolute atomic E-state index is 12.5. The Labute approximate surface area is 154 Å². The van der Waals surface area contributed by atoms with Gasteiger partial charge in [-0.05, 0) is 59.6 Å². The normalized spacial score (nSPS) is 10.6. The molecule has 2 N–H and O–H groups in total. The summed E-state index contributed by atoms with van der Waals surface area (Å²) in [4.78, 5) is 12.5. The van der Waals surface area contributed by atoms with E-state index in [1.807, 2.05) is 60.7 Å². The Bertz CT molecular complexity index is 1050. The number of fused-ring (bicyclic) bond motifs is 1. The van der Waals surface area contributed by atoms with Gasteiger partial charge in [0.15, 0.2) is 0 Å². The van der Waals surface area contributed by atoms with Gasteiger partial charge in [-0.25, -0.2) is 0 Å². The van der Waals surface area contributed by atoms with Crippen LogP contribution in [0.3, 0.4) is 0 Å². The van der Waals surface area contributed by atoms with Crippen molar-refractivity contribution >= 4 is 39.0 Å². The van der Waals surface area contributed by atoms with Gasteiger partial charge in [0.2, 0.25) is 0 Å². The summed E-state index contributed by atoms with van der Waals surface area (Å²) in [5.74, 6) is -0.159. The van der Waals surface area contributed by atoms with Crippen molar-refractivity contribution in [2.75, 3.05) is 10.6 Å². The van der Waals surface area contributed by atoms with Gasteiger partial charge in [-0.2, -0.15) is 0 Å². The number of carbonyl (C=O) groups is 1. The number of hydrogen-bond donors (Lipinski definition) is 2. The van der Waals surface area contributed by atoms with Gasteiger partial charge in [0.25, 0.3) is 5.91 Å². The van der Waals surface area contributed by atoms with Crippen LogP contribution >= 0.6 is 11.5 Å².